The Labute approximate surface area is 148 Å². The predicted molar refractivity (Wildman–Crippen MR) is 99.6 cm³/mol. The summed E-state index contributed by atoms with van der Waals surface area (Å²) in [7, 11) is 0. The fraction of sp³-hybridized carbons (Fsp3) is 0.870. The standard InChI is InChI=1S/C23H36O/c1-14-8-10-22(4)17(12-14)6-7-18-19(22)9-11-23(5)20(18)13-15(2)21(23)16(3)24/h6,14-15,18-21H,7-13H2,1-5H3/t14-,15+,18?,19?,20?,21+,22?,23-/m0/s1. The maximum absolute atomic E-state index is 12.4. The van der Waals surface area contributed by atoms with Crippen molar-refractivity contribution in [2.24, 2.45) is 46.3 Å². The highest BCUT2D eigenvalue weighted by Gasteiger charge is 2.60. The molecule has 0 radical (unpaired) electrons. The molecule has 134 valence electrons. The minimum Gasteiger partial charge on any atom is -0.300 e. The number of fused-ring (bicyclic) bond motifs is 5. The van der Waals surface area contributed by atoms with E-state index in [9.17, 15) is 4.79 Å². The Morgan fingerprint density at radius 1 is 1.12 bits per heavy atom. The molecule has 1 heteroatoms. The van der Waals surface area contributed by atoms with E-state index < -0.39 is 0 Å². The van der Waals surface area contributed by atoms with E-state index in [0.29, 0.717) is 23.0 Å². The van der Waals surface area contributed by atoms with Gasteiger partial charge >= 0.3 is 0 Å². The van der Waals surface area contributed by atoms with Gasteiger partial charge in [0.15, 0.2) is 0 Å². The Morgan fingerprint density at radius 2 is 1.88 bits per heavy atom. The molecule has 0 aromatic rings. The molecule has 0 amide bonds. The molecule has 0 N–H and O–H groups in total. The number of ketones is 1. The minimum absolute atomic E-state index is 0.274. The SMILES string of the molecule is CC(=O)[C@H]1[C@H](C)CC2C3CC=C4C[C@@H](C)CCC4(C)C3CC[C@@]21C. The largest absolute Gasteiger partial charge is 0.300 e. The van der Waals surface area contributed by atoms with Gasteiger partial charge in [-0.15, -0.1) is 0 Å². The Hall–Kier alpha value is -0.590. The smallest absolute Gasteiger partial charge is 0.133 e. The van der Waals surface area contributed by atoms with E-state index in [0.717, 1.165) is 23.7 Å². The van der Waals surface area contributed by atoms with Gasteiger partial charge in [0.25, 0.3) is 0 Å². The molecule has 3 saturated carbocycles. The van der Waals surface area contributed by atoms with E-state index in [1.807, 2.05) is 6.92 Å². The van der Waals surface area contributed by atoms with Crippen LogP contribution in [0.2, 0.25) is 0 Å². The Balaban J connectivity index is 1.68. The van der Waals surface area contributed by atoms with Gasteiger partial charge in [-0.3, -0.25) is 4.79 Å². The number of hydrogen-bond acceptors (Lipinski definition) is 1. The predicted octanol–water partition coefficient (Wildman–Crippen LogP) is 6.04. The van der Waals surface area contributed by atoms with Crippen LogP contribution in [0.1, 0.15) is 79.6 Å². The van der Waals surface area contributed by atoms with Crippen molar-refractivity contribution in [3.8, 4) is 0 Å². The summed E-state index contributed by atoms with van der Waals surface area (Å²) >= 11 is 0. The van der Waals surface area contributed by atoms with Crippen molar-refractivity contribution in [2.75, 3.05) is 0 Å². The maximum Gasteiger partial charge on any atom is 0.133 e. The second kappa shape index (κ2) is 5.45. The third-order valence-electron chi connectivity index (χ3n) is 9.13. The first-order valence-corrected chi connectivity index (χ1v) is 10.5. The Kier molecular flexibility index (Phi) is 3.83. The van der Waals surface area contributed by atoms with Crippen molar-refractivity contribution in [3.05, 3.63) is 11.6 Å². The van der Waals surface area contributed by atoms with Gasteiger partial charge in [-0.2, -0.15) is 0 Å². The summed E-state index contributed by atoms with van der Waals surface area (Å²) in [5.41, 5.74) is 2.53. The Morgan fingerprint density at radius 3 is 2.58 bits per heavy atom. The van der Waals surface area contributed by atoms with E-state index in [4.69, 9.17) is 0 Å². The molecule has 8 atom stereocenters. The number of Topliss-reactive ketones (excluding diaryl/α,β-unsaturated/α-hetero) is 1. The van der Waals surface area contributed by atoms with Crippen molar-refractivity contribution < 1.29 is 4.79 Å². The maximum atomic E-state index is 12.4. The van der Waals surface area contributed by atoms with Gasteiger partial charge in [0.2, 0.25) is 0 Å². The first-order chi connectivity index (χ1) is 11.3. The summed E-state index contributed by atoms with van der Waals surface area (Å²) in [6.07, 6.45) is 12.0. The molecule has 0 aliphatic heterocycles. The molecule has 0 heterocycles. The normalized spacial score (nSPS) is 53.6. The van der Waals surface area contributed by atoms with Gasteiger partial charge in [0.1, 0.15) is 5.78 Å². The summed E-state index contributed by atoms with van der Waals surface area (Å²) in [6, 6.07) is 0. The van der Waals surface area contributed by atoms with Crippen molar-refractivity contribution in [1.82, 2.24) is 0 Å². The molecular weight excluding hydrogens is 292 g/mol. The number of allylic oxidation sites excluding steroid dienone is 2. The van der Waals surface area contributed by atoms with Crippen LogP contribution in [0.4, 0.5) is 0 Å². The summed E-state index contributed by atoms with van der Waals surface area (Å²) < 4.78 is 0. The fourth-order valence-corrected chi connectivity index (χ4v) is 8.07. The first kappa shape index (κ1) is 16.9. The van der Waals surface area contributed by atoms with E-state index in [1.165, 1.54) is 44.9 Å². The van der Waals surface area contributed by atoms with Crippen LogP contribution in [0.3, 0.4) is 0 Å². The van der Waals surface area contributed by atoms with Crippen LogP contribution in [-0.2, 0) is 4.79 Å². The third-order valence-corrected chi connectivity index (χ3v) is 9.13. The molecule has 3 fully saturated rings. The van der Waals surface area contributed by atoms with Crippen molar-refractivity contribution in [3.63, 3.8) is 0 Å². The lowest BCUT2D eigenvalue weighted by atomic mass is 9.47. The van der Waals surface area contributed by atoms with Gasteiger partial charge in [0.05, 0.1) is 0 Å². The molecule has 4 unspecified atom stereocenters. The number of rotatable bonds is 1. The third kappa shape index (κ3) is 2.15. The average molecular weight is 329 g/mol. The molecule has 1 nitrogen and oxygen atoms in total. The average Bonchev–Trinajstić information content (AvgIpc) is 2.78. The van der Waals surface area contributed by atoms with Crippen molar-refractivity contribution in [2.45, 2.75) is 79.6 Å². The van der Waals surface area contributed by atoms with E-state index in [1.54, 1.807) is 5.57 Å². The zero-order valence-electron chi connectivity index (χ0n) is 16.4. The molecular formula is C23H36O. The van der Waals surface area contributed by atoms with Crippen LogP contribution in [0.25, 0.3) is 0 Å². The molecule has 0 saturated heterocycles. The zero-order chi connectivity index (χ0) is 17.3. The van der Waals surface area contributed by atoms with Gasteiger partial charge in [-0.1, -0.05) is 39.3 Å². The second-order valence-electron chi connectivity index (χ2n) is 10.5. The lowest BCUT2D eigenvalue weighted by Gasteiger charge is -2.58. The summed E-state index contributed by atoms with van der Waals surface area (Å²) in [5, 5.41) is 0. The molecule has 4 rings (SSSR count). The number of carbonyl (C=O) groups is 1. The van der Waals surface area contributed by atoms with Gasteiger partial charge in [0, 0.05) is 5.92 Å². The zero-order valence-corrected chi connectivity index (χ0v) is 16.4. The molecule has 0 aromatic heterocycles. The van der Waals surface area contributed by atoms with Crippen LogP contribution < -0.4 is 0 Å². The van der Waals surface area contributed by atoms with Crippen molar-refractivity contribution >= 4 is 5.78 Å². The second-order valence-corrected chi connectivity index (χ2v) is 10.5. The van der Waals surface area contributed by atoms with Gasteiger partial charge < -0.3 is 0 Å². The van der Waals surface area contributed by atoms with Crippen LogP contribution in [-0.4, -0.2) is 5.78 Å². The summed E-state index contributed by atoms with van der Waals surface area (Å²) in [5.74, 6) is 4.71. The Bertz CT molecular complexity index is 575. The topological polar surface area (TPSA) is 17.1 Å². The molecule has 0 bridgehead atoms. The highest BCUT2D eigenvalue weighted by Crippen LogP contribution is 2.67. The molecule has 0 spiro atoms. The van der Waals surface area contributed by atoms with Crippen LogP contribution in [0.15, 0.2) is 11.6 Å². The van der Waals surface area contributed by atoms with Gasteiger partial charge in [-0.05, 0) is 92.3 Å². The monoisotopic (exact) mass is 328 g/mol. The number of carbonyl (C=O) groups excluding carboxylic acids is 1. The van der Waals surface area contributed by atoms with E-state index in [2.05, 4.69) is 33.8 Å². The van der Waals surface area contributed by atoms with Gasteiger partial charge in [-0.25, -0.2) is 0 Å². The lowest BCUT2D eigenvalue weighted by molar-refractivity contribution is -0.128. The van der Waals surface area contributed by atoms with E-state index in [-0.39, 0.29) is 5.41 Å². The van der Waals surface area contributed by atoms with Crippen LogP contribution >= 0.6 is 0 Å². The van der Waals surface area contributed by atoms with Crippen molar-refractivity contribution in [1.29, 1.82) is 0 Å². The molecule has 24 heavy (non-hydrogen) atoms. The molecule has 4 aliphatic carbocycles. The molecule has 0 aromatic carbocycles. The van der Waals surface area contributed by atoms with Crippen LogP contribution in [0, 0.1) is 46.3 Å². The lowest BCUT2D eigenvalue weighted by Crippen LogP contribution is -2.50. The van der Waals surface area contributed by atoms with Crippen LogP contribution in [0.5, 0.6) is 0 Å². The minimum atomic E-state index is 0.274. The quantitative estimate of drug-likeness (QED) is 0.537. The number of hydrogen-bond donors (Lipinski definition) is 0. The fourth-order valence-electron chi connectivity index (χ4n) is 8.07. The summed E-state index contributed by atoms with van der Waals surface area (Å²) in [4.78, 5) is 12.4. The highest BCUT2D eigenvalue weighted by molar-refractivity contribution is 5.80. The first-order valence-electron chi connectivity index (χ1n) is 10.5. The van der Waals surface area contributed by atoms with E-state index >= 15 is 0 Å². The molecule has 4 aliphatic rings. The highest BCUT2D eigenvalue weighted by atomic mass is 16.1. The summed E-state index contributed by atoms with van der Waals surface area (Å²) in [6.45, 7) is 11.7.